The molecule has 0 aliphatic carbocycles. The van der Waals surface area contributed by atoms with E-state index in [2.05, 4.69) is 15.9 Å². The fourth-order valence-electron chi connectivity index (χ4n) is 0.249. The second-order valence-corrected chi connectivity index (χ2v) is 2.76. The lowest BCUT2D eigenvalue weighted by Crippen LogP contribution is -2.14. The van der Waals surface area contributed by atoms with Crippen LogP contribution in [0.1, 0.15) is 6.92 Å². The standard InChI is InChI=1S/C5H9BrClF/c1-4(3-7)5(8)2-6/h4-5H,2-3H2,1H3. The molecule has 0 fully saturated rings. The van der Waals surface area contributed by atoms with Gasteiger partial charge in [0.1, 0.15) is 6.17 Å². The van der Waals surface area contributed by atoms with Crippen LogP contribution in [-0.4, -0.2) is 17.4 Å². The number of rotatable bonds is 3. The lowest BCUT2D eigenvalue weighted by Gasteiger charge is -2.08. The third-order valence-corrected chi connectivity index (χ3v) is 2.11. The lowest BCUT2D eigenvalue weighted by molar-refractivity contribution is 0.289. The van der Waals surface area contributed by atoms with Crippen LogP contribution < -0.4 is 0 Å². The molecule has 0 radical (unpaired) electrons. The molecule has 0 aliphatic rings. The Kier molecular flexibility index (Phi) is 4.97. The molecule has 0 rings (SSSR count). The third kappa shape index (κ3) is 2.88. The van der Waals surface area contributed by atoms with E-state index >= 15 is 0 Å². The van der Waals surface area contributed by atoms with Gasteiger partial charge in [0.25, 0.3) is 0 Å². The maximum Gasteiger partial charge on any atom is 0.113 e. The van der Waals surface area contributed by atoms with Crippen molar-refractivity contribution in [3.63, 3.8) is 0 Å². The minimum atomic E-state index is -0.799. The van der Waals surface area contributed by atoms with Crippen molar-refractivity contribution in [2.75, 3.05) is 11.2 Å². The fourth-order valence-corrected chi connectivity index (χ4v) is 1.08. The van der Waals surface area contributed by atoms with Gasteiger partial charge in [-0.15, -0.1) is 11.6 Å². The Morgan fingerprint density at radius 3 is 2.38 bits per heavy atom. The van der Waals surface area contributed by atoms with Gasteiger partial charge in [0.05, 0.1) is 0 Å². The minimum absolute atomic E-state index is 0.0314. The van der Waals surface area contributed by atoms with E-state index in [-0.39, 0.29) is 5.92 Å². The Labute approximate surface area is 62.5 Å². The summed E-state index contributed by atoms with van der Waals surface area (Å²) in [6, 6.07) is 0. The Hall–Kier alpha value is 0.700. The van der Waals surface area contributed by atoms with E-state index in [4.69, 9.17) is 11.6 Å². The summed E-state index contributed by atoms with van der Waals surface area (Å²) >= 11 is 8.39. The molecule has 0 aromatic heterocycles. The fraction of sp³-hybridized carbons (Fsp3) is 1.00. The van der Waals surface area contributed by atoms with Crippen LogP contribution >= 0.6 is 27.5 Å². The largest absolute Gasteiger partial charge is 0.246 e. The van der Waals surface area contributed by atoms with Crippen LogP contribution in [0.3, 0.4) is 0 Å². The van der Waals surface area contributed by atoms with Gasteiger partial charge in [-0.2, -0.15) is 0 Å². The summed E-state index contributed by atoms with van der Waals surface area (Å²) in [5.74, 6) is 0.364. The van der Waals surface area contributed by atoms with Gasteiger partial charge in [-0.1, -0.05) is 22.9 Å². The molecule has 3 heteroatoms. The maximum absolute atomic E-state index is 12.4. The second kappa shape index (κ2) is 4.57. The summed E-state index contributed by atoms with van der Waals surface area (Å²) < 4.78 is 12.4. The van der Waals surface area contributed by atoms with Crippen LogP contribution in [0, 0.1) is 5.92 Å². The van der Waals surface area contributed by atoms with E-state index in [0.29, 0.717) is 11.2 Å². The highest BCUT2D eigenvalue weighted by molar-refractivity contribution is 9.09. The topological polar surface area (TPSA) is 0 Å². The highest BCUT2D eigenvalue weighted by Gasteiger charge is 2.12. The molecule has 0 saturated heterocycles. The molecule has 0 aliphatic heterocycles. The number of alkyl halides is 3. The van der Waals surface area contributed by atoms with Crippen molar-refractivity contribution in [1.82, 2.24) is 0 Å². The summed E-state index contributed by atoms with van der Waals surface area (Å²) in [5, 5.41) is 0.390. The smallest absolute Gasteiger partial charge is 0.113 e. The molecule has 0 aromatic carbocycles. The van der Waals surface area contributed by atoms with E-state index in [9.17, 15) is 4.39 Å². The molecule has 0 heterocycles. The van der Waals surface area contributed by atoms with Crippen molar-refractivity contribution in [1.29, 1.82) is 0 Å². The first-order chi connectivity index (χ1) is 3.72. The van der Waals surface area contributed by atoms with Gasteiger partial charge in [0.15, 0.2) is 0 Å². The molecule has 0 aromatic rings. The molecular weight excluding hydrogens is 194 g/mol. The predicted octanol–water partition coefficient (Wildman–Crippen LogP) is 2.59. The first kappa shape index (κ1) is 8.70. The lowest BCUT2D eigenvalue weighted by atomic mass is 10.1. The Morgan fingerprint density at radius 1 is 1.75 bits per heavy atom. The van der Waals surface area contributed by atoms with Crippen LogP contribution in [-0.2, 0) is 0 Å². The van der Waals surface area contributed by atoms with Crippen molar-refractivity contribution >= 4 is 27.5 Å². The van der Waals surface area contributed by atoms with Crippen LogP contribution in [0.5, 0.6) is 0 Å². The number of halogens is 3. The van der Waals surface area contributed by atoms with Gasteiger partial charge in [-0.3, -0.25) is 0 Å². The average molecular weight is 203 g/mol. The quantitative estimate of drug-likeness (QED) is 0.619. The molecule has 50 valence electrons. The summed E-state index contributed by atoms with van der Waals surface area (Å²) in [5.41, 5.74) is 0. The Bertz CT molecular complexity index is 52.4. The molecule has 2 atom stereocenters. The zero-order valence-electron chi connectivity index (χ0n) is 4.70. The molecule has 0 saturated carbocycles. The highest BCUT2D eigenvalue weighted by Crippen LogP contribution is 2.10. The van der Waals surface area contributed by atoms with Crippen molar-refractivity contribution in [2.45, 2.75) is 13.1 Å². The SMILES string of the molecule is CC(CCl)C(F)CBr. The van der Waals surface area contributed by atoms with Gasteiger partial charge >= 0.3 is 0 Å². The Balaban J connectivity index is 3.29. The average Bonchev–Trinajstić information content (AvgIpc) is 1.84. The maximum atomic E-state index is 12.4. The number of hydrogen-bond donors (Lipinski definition) is 0. The van der Waals surface area contributed by atoms with Crippen molar-refractivity contribution in [2.24, 2.45) is 5.92 Å². The minimum Gasteiger partial charge on any atom is -0.246 e. The molecule has 0 spiro atoms. The third-order valence-electron chi connectivity index (χ3n) is 1.01. The van der Waals surface area contributed by atoms with Crippen LogP contribution in [0.2, 0.25) is 0 Å². The van der Waals surface area contributed by atoms with E-state index in [1.807, 2.05) is 0 Å². The van der Waals surface area contributed by atoms with Crippen LogP contribution in [0.15, 0.2) is 0 Å². The number of hydrogen-bond acceptors (Lipinski definition) is 0. The summed E-state index contributed by atoms with van der Waals surface area (Å²) in [7, 11) is 0. The normalized spacial score (nSPS) is 18.0. The molecule has 0 N–H and O–H groups in total. The summed E-state index contributed by atoms with van der Waals surface area (Å²) in [4.78, 5) is 0. The monoisotopic (exact) mass is 202 g/mol. The van der Waals surface area contributed by atoms with Crippen LogP contribution in [0.4, 0.5) is 4.39 Å². The van der Waals surface area contributed by atoms with Crippen molar-refractivity contribution < 1.29 is 4.39 Å². The molecular formula is C5H9BrClF. The molecule has 0 bridgehead atoms. The summed E-state index contributed by atoms with van der Waals surface area (Å²) in [6.07, 6.45) is -0.799. The van der Waals surface area contributed by atoms with E-state index in [1.54, 1.807) is 6.92 Å². The van der Waals surface area contributed by atoms with E-state index in [1.165, 1.54) is 0 Å². The zero-order chi connectivity index (χ0) is 6.57. The first-order valence-electron chi connectivity index (χ1n) is 2.48. The Morgan fingerprint density at radius 2 is 2.25 bits per heavy atom. The van der Waals surface area contributed by atoms with Crippen molar-refractivity contribution in [3.05, 3.63) is 0 Å². The van der Waals surface area contributed by atoms with Crippen molar-refractivity contribution in [3.8, 4) is 0 Å². The molecule has 8 heavy (non-hydrogen) atoms. The predicted molar refractivity (Wildman–Crippen MR) is 38.6 cm³/mol. The second-order valence-electron chi connectivity index (χ2n) is 1.80. The van der Waals surface area contributed by atoms with Gasteiger partial charge in [-0.25, -0.2) is 4.39 Å². The zero-order valence-corrected chi connectivity index (χ0v) is 7.04. The molecule has 0 nitrogen and oxygen atoms in total. The van der Waals surface area contributed by atoms with E-state index < -0.39 is 6.17 Å². The molecule has 0 amide bonds. The van der Waals surface area contributed by atoms with E-state index in [0.717, 1.165) is 0 Å². The molecule has 2 unspecified atom stereocenters. The first-order valence-corrected chi connectivity index (χ1v) is 4.14. The van der Waals surface area contributed by atoms with Gasteiger partial charge in [0.2, 0.25) is 0 Å². The van der Waals surface area contributed by atoms with Crippen LogP contribution in [0.25, 0.3) is 0 Å². The van der Waals surface area contributed by atoms with Gasteiger partial charge in [0, 0.05) is 17.1 Å². The summed E-state index contributed by atoms with van der Waals surface area (Å²) in [6.45, 7) is 1.79. The van der Waals surface area contributed by atoms with Gasteiger partial charge < -0.3 is 0 Å². The van der Waals surface area contributed by atoms with Gasteiger partial charge in [-0.05, 0) is 0 Å². The highest BCUT2D eigenvalue weighted by atomic mass is 79.9.